The van der Waals surface area contributed by atoms with Crippen LogP contribution in [0.4, 0.5) is 23.1 Å². The van der Waals surface area contributed by atoms with E-state index >= 15 is 0 Å². The number of nitrogens with zero attached hydrogens (tertiary/aromatic N) is 7. The van der Waals surface area contributed by atoms with Crippen molar-refractivity contribution in [1.82, 2.24) is 24.9 Å². The second-order valence-corrected chi connectivity index (χ2v) is 8.80. The van der Waals surface area contributed by atoms with Gasteiger partial charge in [-0.3, -0.25) is 0 Å². The lowest BCUT2D eigenvalue weighted by Gasteiger charge is -2.35. The van der Waals surface area contributed by atoms with Gasteiger partial charge < -0.3 is 26.0 Å². The quantitative estimate of drug-likeness (QED) is 0.368. The van der Waals surface area contributed by atoms with Gasteiger partial charge in [-0.15, -0.1) is 5.10 Å². The summed E-state index contributed by atoms with van der Waals surface area (Å²) in [6, 6.07) is 8.04. The molecule has 1 aromatic carbocycles. The topological polar surface area (TPSA) is 150 Å². The van der Waals surface area contributed by atoms with Crippen molar-refractivity contribution in [3.05, 3.63) is 34.6 Å². The molecule has 1 atom stereocenters. The maximum atomic E-state index is 9.64. The molecule has 4 N–H and O–H groups in total. The molecule has 1 aliphatic rings. The number of halogens is 1. The molecule has 0 radical (unpaired) electrons. The first-order valence-electron chi connectivity index (χ1n) is 11.5. The molecular weight excluding hydrogens is 468 g/mol. The molecule has 12 heteroatoms. The lowest BCUT2D eigenvalue weighted by atomic mass is 10.0. The number of benzene rings is 1. The minimum Gasteiger partial charge on any atom is -0.392 e. The zero-order valence-corrected chi connectivity index (χ0v) is 20.3. The minimum absolute atomic E-state index is 0.215. The predicted octanol–water partition coefficient (Wildman–Crippen LogP) is 2.64. The number of rotatable bonds is 8. The third kappa shape index (κ3) is 5.38. The number of aromatic nitrogens is 4. The third-order valence-electron chi connectivity index (χ3n) is 5.79. The van der Waals surface area contributed by atoms with Crippen molar-refractivity contribution in [3.63, 3.8) is 0 Å². The van der Waals surface area contributed by atoms with Gasteiger partial charge in [0, 0.05) is 32.2 Å². The van der Waals surface area contributed by atoms with Crippen molar-refractivity contribution in [2.24, 2.45) is 0 Å². The highest BCUT2D eigenvalue weighted by Crippen LogP contribution is 2.37. The maximum Gasteiger partial charge on any atom is 0.247 e. The van der Waals surface area contributed by atoms with Crippen LogP contribution in [0.15, 0.2) is 18.3 Å². The average molecular weight is 495 g/mol. The summed E-state index contributed by atoms with van der Waals surface area (Å²) >= 11 is 6.81. The zero-order valence-electron chi connectivity index (χ0n) is 19.6. The van der Waals surface area contributed by atoms with Gasteiger partial charge in [-0.05, 0) is 38.8 Å². The summed E-state index contributed by atoms with van der Waals surface area (Å²) in [5, 5.41) is 43.1. The first-order valence-corrected chi connectivity index (χ1v) is 11.9. The number of aliphatic hydroxyl groups is 1. The van der Waals surface area contributed by atoms with E-state index in [1.807, 2.05) is 6.92 Å². The van der Waals surface area contributed by atoms with Crippen LogP contribution in [0.3, 0.4) is 0 Å². The first kappa shape index (κ1) is 24.5. The van der Waals surface area contributed by atoms with Gasteiger partial charge in [-0.25, -0.2) is 4.98 Å². The van der Waals surface area contributed by atoms with Gasteiger partial charge >= 0.3 is 0 Å². The highest BCUT2D eigenvalue weighted by Gasteiger charge is 2.23. The molecule has 11 nitrogen and oxygen atoms in total. The standard InChI is InChI=1S/C23H27ClN10O/c1-3-27-21-22-29-13-17(11-26)34(22)32-23(31-21)30-18-8-15(10-25)9-19(20(18)24)33-6-4-16(5-7-33)28-12-14(2)35/h8-9,13-14,16,28,35H,3-7,12H2,1-2H3,(H2,27,30,31,32). The fourth-order valence-corrected chi connectivity index (χ4v) is 4.35. The Morgan fingerprint density at radius 2 is 2.03 bits per heavy atom. The van der Waals surface area contributed by atoms with Crippen molar-refractivity contribution < 1.29 is 5.11 Å². The van der Waals surface area contributed by atoms with Gasteiger partial charge in [0.1, 0.15) is 6.07 Å². The minimum atomic E-state index is -0.385. The fourth-order valence-electron chi connectivity index (χ4n) is 4.07. The lowest BCUT2D eigenvalue weighted by Crippen LogP contribution is -2.44. The third-order valence-corrected chi connectivity index (χ3v) is 6.18. The molecule has 0 saturated carbocycles. The number of fused-ring (bicyclic) bond motifs is 1. The number of hydrogen-bond acceptors (Lipinski definition) is 10. The molecule has 1 fully saturated rings. The van der Waals surface area contributed by atoms with E-state index in [1.54, 1.807) is 19.1 Å². The number of nitrogens with one attached hydrogen (secondary N) is 3. The van der Waals surface area contributed by atoms with Crippen molar-refractivity contribution >= 4 is 40.4 Å². The van der Waals surface area contributed by atoms with Crippen LogP contribution in [0.1, 0.15) is 37.9 Å². The number of nitriles is 2. The van der Waals surface area contributed by atoms with Gasteiger partial charge in [0.25, 0.3) is 0 Å². The molecular formula is C23H27ClN10O. The van der Waals surface area contributed by atoms with Crippen LogP contribution in [0.2, 0.25) is 5.02 Å². The molecule has 0 spiro atoms. The summed E-state index contributed by atoms with van der Waals surface area (Å²) < 4.78 is 1.42. The molecule has 1 aliphatic heterocycles. The van der Waals surface area contributed by atoms with Crippen LogP contribution in [-0.2, 0) is 0 Å². The Morgan fingerprint density at radius 3 is 2.69 bits per heavy atom. The molecule has 0 amide bonds. The van der Waals surface area contributed by atoms with Crippen LogP contribution in [0.25, 0.3) is 5.65 Å². The number of aliphatic hydroxyl groups excluding tert-OH is 1. The Balaban J connectivity index is 1.62. The van der Waals surface area contributed by atoms with E-state index in [2.05, 4.69) is 48.1 Å². The largest absolute Gasteiger partial charge is 0.392 e. The van der Waals surface area contributed by atoms with Crippen molar-refractivity contribution in [3.8, 4) is 12.1 Å². The van der Waals surface area contributed by atoms with E-state index in [4.69, 9.17) is 11.6 Å². The highest BCUT2D eigenvalue weighted by molar-refractivity contribution is 6.36. The summed E-state index contributed by atoms with van der Waals surface area (Å²) in [7, 11) is 0. The number of imidazole rings is 1. The predicted molar refractivity (Wildman–Crippen MR) is 134 cm³/mol. The molecule has 0 aliphatic carbocycles. The molecule has 2 aromatic heterocycles. The molecule has 0 bridgehead atoms. The Labute approximate surface area is 208 Å². The molecule has 4 rings (SSSR count). The molecule has 3 heterocycles. The van der Waals surface area contributed by atoms with Crippen LogP contribution in [-0.4, -0.2) is 63.0 Å². The Hall–Kier alpha value is -3.64. The summed E-state index contributed by atoms with van der Waals surface area (Å²) in [6.07, 6.45) is 2.85. The van der Waals surface area contributed by atoms with E-state index in [-0.39, 0.29) is 17.7 Å². The molecule has 3 aromatic rings. The second-order valence-electron chi connectivity index (χ2n) is 8.42. The van der Waals surface area contributed by atoms with Gasteiger partial charge in [-0.1, -0.05) is 11.6 Å². The number of hydrogen-bond donors (Lipinski definition) is 4. The molecule has 35 heavy (non-hydrogen) atoms. The molecule has 182 valence electrons. The van der Waals surface area contributed by atoms with Gasteiger partial charge in [0.15, 0.2) is 17.2 Å². The second kappa shape index (κ2) is 10.7. The lowest BCUT2D eigenvalue weighted by molar-refractivity contribution is 0.183. The summed E-state index contributed by atoms with van der Waals surface area (Å²) in [5.74, 6) is 0.693. The monoisotopic (exact) mass is 494 g/mol. The zero-order chi connectivity index (χ0) is 24.9. The Morgan fingerprint density at radius 1 is 1.26 bits per heavy atom. The van der Waals surface area contributed by atoms with E-state index in [9.17, 15) is 15.6 Å². The van der Waals surface area contributed by atoms with E-state index in [1.165, 1.54) is 10.7 Å². The van der Waals surface area contributed by atoms with Crippen LogP contribution < -0.4 is 20.9 Å². The van der Waals surface area contributed by atoms with Crippen LogP contribution in [0.5, 0.6) is 0 Å². The highest BCUT2D eigenvalue weighted by atomic mass is 35.5. The normalized spacial score (nSPS) is 15.0. The van der Waals surface area contributed by atoms with Gasteiger partial charge in [0.2, 0.25) is 5.95 Å². The molecule has 1 saturated heterocycles. The van der Waals surface area contributed by atoms with Gasteiger partial charge in [0.05, 0.1) is 40.3 Å². The first-order chi connectivity index (χ1) is 16.9. The van der Waals surface area contributed by atoms with Crippen molar-refractivity contribution in [2.75, 3.05) is 41.7 Å². The van der Waals surface area contributed by atoms with Crippen molar-refractivity contribution in [2.45, 2.75) is 38.8 Å². The summed E-state index contributed by atoms with van der Waals surface area (Å²) in [6.45, 7) is 6.39. The van der Waals surface area contributed by atoms with E-state index in [0.29, 0.717) is 46.9 Å². The summed E-state index contributed by atoms with van der Waals surface area (Å²) in [4.78, 5) is 10.9. The van der Waals surface area contributed by atoms with Gasteiger partial charge in [-0.2, -0.15) is 20.0 Å². The Bertz CT molecular complexity index is 1280. The van der Waals surface area contributed by atoms with Crippen LogP contribution >= 0.6 is 11.6 Å². The van der Waals surface area contributed by atoms with E-state index < -0.39 is 0 Å². The SMILES string of the molecule is CCNc1nc(Nc2cc(C#N)cc(N3CCC(NCC(C)O)CC3)c2Cl)nn2c(C#N)cnc12. The summed E-state index contributed by atoms with van der Waals surface area (Å²) in [5.41, 5.74) is 2.42. The van der Waals surface area contributed by atoms with E-state index in [0.717, 1.165) is 31.6 Å². The average Bonchev–Trinajstić information content (AvgIpc) is 3.28. The number of anilines is 4. The Kier molecular flexibility index (Phi) is 7.51. The molecule has 1 unspecified atom stereocenters. The van der Waals surface area contributed by atoms with Crippen LogP contribution in [0, 0.1) is 22.7 Å². The smallest absolute Gasteiger partial charge is 0.247 e. The van der Waals surface area contributed by atoms with Crippen molar-refractivity contribution in [1.29, 1.82) is 10.5 Å². The number of piperidine rings is 1. The maximum absolute atomic E-state index is 9.64. The fraction of sp³-hybridized carbons (Fsp3) is 0.435.